The fraction of sp³-hybridized carbons (Fsp3) is 0.636. The minimum Gasteiger partial charge on any atom is -0.426 e. The summed E-state index contributed by atoms with van der Waals surface area (Å²) in [4.78, 5) is 38.3. The molecular weight excluding hydrogens is 372 g/mol. The number of nitro benzene ring substituents is 1. The van der Waals surface area contributed by atoms with Crippen molar-refractivity contribution in [3.8, 4) is 5.75 Å². The molecule has 160 valence electrons. The van der Waals surface area contributed by atoms with E-state index in [0.717, 1.165) is 12.8 Å². The Balaban J connectivity index is 2.13. The van der Waals surface area contributed by atoms with Gasteiger partial charge in [-0.15, -0.1) is 0 Å². The van der Waals surface area contributed by atoms with E-state index in [-0.39, 0.29) is 23.3 Å². The molecule has 7 heteroatoms. The van der Waals surface area contributed by atoms with Crippen LogP contribution in [0.15, 0.2) is 24.3 Å². The predicted molar refractivity (Wildman–Crippen MR) is 110 cm³/mol. The second-order valence-corrected chi connectivity index (χ2v) is 8.70. The number of ether oxygens (including phenoxy) is 1. The first-order chi connectivity index (χ1) is 13.7. The third kappa shape index (κ3) is 6.54. The standard InChI is InChI=1S/C22H32N2O5/c1-15(2)13-23(14-16(3)4)21(25)19-7-5-6-8-20(19)22(26)29-18-11-9-17(10-12-18)24(27)28/h9-12,15-16,19-20H,5-8,13-14H2,1-4H3/t19-,20+/m1/s1. The number of carbonyl (C=O) groups excluding carboxylic acids is 2. The molecule has 29 heavy (non-hydrogen) atoms. The van der Waals surface area contributed by atoms with Gasteiger partial charge in [0.2, 0.25) is 5.91 Å². The predicted octanol–water partition coefficient (Wildman–Crippen LogP) is 4.45. The highest BCUT2D eigenvalue weighted by atomic mass is 16.6. The molecule has 1 aromatic rings. The normalized spacial score (nSPS) is 19.2. The van der Waals surface area contributed by atoms with Gasteiger partial charge >= 0.3 is 5.97 Å². The van der Waals surface area contributed by atoms with Crippen LogP contribution in [0.2, 0.25) is 0 Å². The van der Waals surface area contributed by atoms with E-state index in [1.165, 1.54) is 24.3 Å². The van der Waals surface area contributed by atoms with E-state index in [1.54, 1.807) is 0 Å². The van der Waals surface area contributed by atoms with Crippen molar-refractivity contribution < 1.29 is 19.2 Å². The largest absolute Gasteiger partial charge is 0.426 e. The molecule has 1 amide bonds. The molecule has 1 saturated carbocycles. The monoisotopic (exact) mass is 404 g/mol. The zero-order chi connectivity index (χ0) is 21.6. The minimum atomic E-state index is -0.501. The van der Waals surface area contributed by atoms with Gasteiger partial charge in [-0.3, -0.25) is 19.7 Å². The number of hydrogen-bond donors (Lipinski definition) is 0. The van der Waals surface area contributed by atoms with Gasteiger partial charge in [0.1, 0.15) is 5.75 Å². The van der Waals surface area contributed by atoms with Gasteiger partial charge in [0, 0.05) is 25.2 Å². The van der Waals surface area contributed by atoms with Gasteiger partial charge in [0.15, 0.2) is 0 Å². The first-order valence-electron chi connectivity index (χ1n) is 10.4. The number of non-ortho nitro benzene ring substituents is 1. The highest BCUT2D eigenvalue weighted by molar-refractivity contribution is 5.86. The van der Waals surface area contributed by atoms with Crippen molar-refractivity contribution in [3.05, 3.63) is 34.4 Å². The van der Waals surface area contributed by atoms with Crippen LogP contribution in [-0.4, -0.2) is 34.8 Å². The van der Waals surface area contributed by atoms with Gasteiger partial charge in [0.05, 0.1) is 16.8 Å². The third-order valence-electron chi connectivity index (χ3n) is 5.13. The van der Waals surface area contributed by atoms with Crippen molar-refractivity contribution in [1.82, 2.24) is 4.90 Å². The summed E-state index contributed by atoms with van der Waals surface area (Å²) in [6.07, 6.45) is 3.12. The Labute approximate surface area is 172 Å². The van der Waals surface area contributed by atoms with E-state index in [4.69, 9.17) is 4.74 Å². The molecule has 2 atom stereocenters. The van der Waals surface area contributed by atoms with Crippen LogP contribution in [0.25, 0.3) is 0 Å². The number of nitro groups is 1. The number of amides is 1. The molecule has 2 rings (SSSR count). The maximum Gasteiger partial charge on any atom is 0.315 e. The first-order valence-corrected chi connectivity index (χ1v) is 10.4. The van der Waals surface area contributed by atoms with Crippen molar-refractivity contribution in [1.29, 1.82) is 0 Å². The van der Waals surface area contributed by atoms with E-state index in [9.17, 15) is 19.7 Å². The Kier molecular flexibility index (Phi) is 8.17. The molecule has 0 aromatic heterocycles. The summed E-state index contributed by atoms with van der Waals surface area (Å²) in [5.41, 5.74) is -0.0615. The molecular formula is C22H32N2O5. The summed E-state index contributed by atoms with van der Waals surface area (Å²) >= 11 is 0. The van der Waals surface area contributed by atoms with Crippen molar-refractivity contribution in [2.45, 2.75) is 53.4 Å². The van der Waals surface area contributed by atoms with Crippen molar-refractivity contribution in [2.75, 3.05) is 13.1 Å². The highest BCUT2D eigenvalue weighted by Gasteiger charge is 2.39. The van der Waals surface area contributed by atoms with Crippen LogP contribution in [0.5, 0.6) is 5.75 Å². The third-order valence-corrected chi connectivity index (χ3v) is 5.13. The Bertz CT molecular complexity index is 704. The Hall–Kier alpha value is -2.44. The number of hydrogen-bond acceptors (Lipinski definition) is 5. The average Bonchev–Trinajstić information content (AvgIpc) is 2.66. The zero-order valence-corrected chi connectivity index (χ0v) is 17.8. The number of nitrogens with zero attached hydrogens (tertiary/aromatic N) is 2. The van der Waals surface area contributed by atoms with E-state index in [2.05, 4.69) is 27.7 Å². The number of esters is 1. The summed E-state index contributed by atoms with van der Waals surface area (Å²) in [5, 5.41) is 10.8. The van der Waals surface area contributed by atoms with Crippen LogP contribution in [-0.2, 0) is 9.59 Å². The molecule has 0 saturated heterocycles. The van der Waals surface area contributed by atoms with Crippen LogP contribution >= 0.6 is 0 Å². The summed E-state index contributed by atoms with van der Waals surface area (Å²) in [6, 6.07) is 5.44. The van der Waals surface area contributed by atoms with Gasteiger partial charge in [-0.25, -0.2) is 0 Å². The highest BCUT2D eigenvalue weighted by Crippen LogP contribution is 2.33. The summed E-state index contributed by atoms with van der Waals surface area (Å²) in [7, 11) is 0. The zero-order valence-electron chi connectivity index (χ0n) is 17.8. The van der Waals surface area contributed by atoms with Gasteiger partial charge in [0.25, 0.3) is 5.69 Å². The molecule has 0 heterocycles. The lowest BCUT2D eigenvalue weighted by Crippen LogP contribution is -2.46. The molecule has 1 aromatic carbocycles. The maximum absolute atomic E-state index is 13.3. The quantitative estimate of drug-likeness (QED) is 0.276. The van der Waals surface area contributed by atoms with Crippen LogP contribution in [0.3, 0.4) is 0 Å². The molecule has 0 unspecified atom stereocenters. The molecule has 1 aliphatic carbocycles. The van der Waals surface area contributed by atoms with Gasteiger partial charge in [-0.1, -0.05) is 40.5 Å². The Morgan fingerprint density at radius 2 is 1.55 bits per heavy atom. The number of carbonyl (C=O) groups is 2. The average molecular weight is 405 g/mol. The summed E-state index contributed by atoms with van der Waals surface area (Å²) in [6.45, 7) is 9.70. The molecule has 0 radical (unpaired) electrons. The lowest BCUT2D eigenvalue weighted by atomic mass is 9.78. The number of rotatable bonds is 8. The van der Waals surface area contributed by atoms with Crippen LogP contribution < -0.4 is 4.74 Å². The van der Waals surface area contributed by atoms with Gasteiger partial charge in [-0.2, -0.15) is 0 Å². The Morgan fingerprint density at radius 1 is 1.03 bits per heavy atom. The minimum absolute atomic E-state index is 0.0396. The van der Waals surface area contributed by atoms with E-state index >= 15 is 0 Å². The number of benzene rings is 1. The molecule has 0 spiro atoms. The lowest BCUT2D eigenvalue weighted by molar-refractivity contribution is -0.384. The fourth-order valence-corrected chi connectivity index (χ4v) is 3.91. The topological polar surface area (TPSA) is 89.8 Å². The molecule has 7 nitrogen and oxygen atoms in total. The van der Waals surface area contributed by atoms with Crippen LogP contribution in [0.4, 0.5) is 5.69 Å². The second kappa shape index (κ2) is 10.4. The van der Waals surface area contributed by atoms with Crippen molar-refractivity contribution in [3.63, 3.8) is 0 Å². The maximum atomic E-state index is 13.3. The van der Waals surface area contributed by atoms with E-state index < -0.39 is 16.8 Å². The van der Waals surface area contributed by atoms with Crippen molar-refractivity contribution >= 4 is 17.6 Å². The summed E-state index contributed by atoms with van der Waals surface area (Å²) < 4.78 is 5.48. The molecule has 0 bridgehead atoms. The SMILES string of the molecule is CC(C)CN(CC(C)C)C(=O)[C@@H]1CCCC[C@@H]1C(=O)Oc1ccc([N+](=O)[O-])cc1. The molecule has 0 aliphatic heterocycles. The molecule has 1 fully saturated rings. The second-order valence-electron chi connectivity index (χ2n) is 8.70. The fourth-order valence-electron chi connectivity index (χ4n) is 3.91. The molecule has 1 aliphatic rings. The lowest BCUT2D eigenvalue weighted by Gasteiger charge is -2.35. The summed E-state index contributed by atoms with van der Waals surface area (Å²) in [5.74, 6) is -0.263. The van der Waals surface area contributed by atoms with E-state index in [1.807, 2.05) is 4.90 Å². The Morgan fingerprint density at radius 3 is 2.03 bits per heavy atom. The van der Waals surface area contributed by atoms with Gasteiger partial charge < -0.3 is 9.64 Å². The van der Waals surface area contributed by atoms with Crippen LogP contribution in [0, 0.1) is 33.8 Å². The van der Waals surface area contributed by atoms with E-state index in [0.29, 0.717) is 37.8 Å². The van der Waals surface area contributed by atoms with Crippen molar-refractivity contribution in [2.24, 2.45) is 23.7 Å². The first kappa shape index (κ1) is 22.8. The van der Waals surface area contributed by atoms with Crippen LogP contribution in [0.1, 0.15) is 53.4 Å². The smallest absolute Gasteiger partial charge is 0.315 e. The molecule has 0 N–H and O–H groups in total. The van der Waals surface area contributed by atoms with Gasteiger partial charge in [-0.05, 0) is 36.8 Å².